The molecule has 27 heavy (non-hydrogen) atoms. The molecule has 0 bridgehead atoms. The number of urea groups is 1. The van der Waals surface area contributed by atoms with E-state index in [9.17, 15) is 9.59 Å². The van der Waals surface area contributed by atoms with E-state index in [4.69, 9.17) is 0 Å². The molecule has 0 radical (unpaired) electrons. The van der Waals surface area contributed by atoms with Crippen LogP contribution in [0.15, 0.2) is 36.1 Å². The Bertz CT molecular complexity index is 825. The van der Waals surface area contributed by atoms with Gasteiger partial charge >= 0.3 is 6.03 Å². The molecule has 0 aliphatic carbocycles. The molecular formula is C22H29N3O2. The van der Waals surface area contributed by atoms with Crippen LogP contribution in [-0.4, -0.2) is 41.4 Å². The third kappa shape index (κ3) is 3.38. The Labute approximate surface area is 161 Å². The average molecular weight is 367 g/mol. The van der Waals surface area contributed by atoms with Gasteiger partial charge in [0, 0.05) is 13.1 Å². The van der Waals surface area contributed by atoms with Crippen molar-refractivity contribution in [1.29, 1.82) is 0 Å². The van der Waals surface area contributed by atoms with Crippen LogP contribution in [0.25, 0.3) is 0 Å². The molecule has 1 aromatic carbocycles. The van der Waals surface area contributed by atoms with Crippen molar-refractivity contribution in [3.8, 4) is 0 Å². The summed E-state index contributed by atoms with van der Waals surface area (Å²) in [5, 5.41) is 3.07. The lowest BCUT2D eigenvalue weighted by Gasteiger charge is -2.33. The molecule has 2 aliphatic heterocycles. The maximum Gasteiger partial charge on any atom is 0.322 e. The van der Waals surface area contributed by atoms with Crippen LogP contribution in [0.5, 0.6) is 0 Å². The molecule has 3 rings (SSSR count). The number of nitrogens with zero attached hydrogens (tertiary/aromatic N) is 2. The van der Waals surface area contributed by atoms with Crippen LogP contribution >= 0.6 is 0 Å². The van der Waals surface area contributed by atoms with Crippen molar-refractivity contribution in [3.05, 3.63) is 58.3 Å². The van der Waals surface area contributed by atoms with E-state index in [1.165, 1.54) is 5.56 Å². The van der Waals surface area contributed by atoms with Crippen molar-refractivity contribution >= 4 is 11.9 Å². The van der Waals surface area contributed by atoms with E-state index >= 15 is 0 Å². The van der Waals surface area contributed by atoms with E-state index in [0.29, 0.717) is 18.7 Å². The molecule has 5 heteroatoms. The third-order valence-electron chi connectivity index (χ3n) is 5.58. The molecule has 1 N–H and O–H groups in total. The molecule has 2 heterocycles. The van der Waals surface area contributed by atoms with E-state index in [0.717, 1.165) is 41.8 Å². The monoisotopic (exact) mass is 367 g/mol. The Morgan fingerprint density at radius 1 is 1.19 bits per heavy atom. The molecule has 0 saturated heterocycles. The van der Waals surface area contributed by atoms with Crippen LogP contribution in [0.2, 0.25) is 0 Å². The van der Waals surface area contributed by atoms with Crippen molar-refractivity contribution < 1.29 is 9.59 Å². The number of amides is 3. The quantitative estimate of drug-likeness (QED) is 0.779. The van der Waals surface area contributed by atoms with Gasteiger partial charge in [0.25, 0.3) is 5.91 Å². The number of aryl methyl sites for hydroxylation is 3. The highest BCUT2D eigenvalue weighted by atomic mass is 16.2. The van der Waals surface area contributed by atoms with Gasteiger partial charge in [-0.3, -0.25) is 9.69 Å². The van der Waals surface area contributed by atoms with Gasteiger partial charge in [-0.15, -0.1) is 6.58 Å². The predicted octanol–water partition coefficient (Wildman–Crippen LogP) is 3.76. The highest BCUT2D eigenvalue weighted by Gasteiger charge is 2.43. The minimum atomic E-state index is -0.396. The van der Waals surface area contributed by atoms with Crippen molar-refractivity contribution in [3.63, 3.8) is 0 Å². The van der Waals surface area contributed by atoms with Gasteiger partial charge in [-0.05, 0) is 49.4 Å². The Morgan fingerprint density at radius 3 is 2.56 bits per heavy atom. The fourth-order valence-electron chi connectivity index (χ4n) is 3.93. The SMILES string of the molecule is C=CCN1C(=O)NC(c2cc(C)c(C)cc2C)C2=C1CN(CCCC)C2=O. The summed E-state index contributed by atoms with van der Waals surface area (Å²) in [4.78, 5) is 29.5. The van der Waals surface area contributed by atoms with E-state index in [1.807, 2.05) is 11.8 Å². The minimum absolute atomic E-state index is 0.0372. The van der Waals surface area contributed by atoms with Gasteiger partial charge in [0.2, 0.25) is 0 Å². The maximum absolute atomic E-state index is 13.2. The molecule has 0 saturated carbocycles. The summed E-state index contributed by atoms with van der Waals surface area (Å²) >= 11 is 0. The number of nitrogens with one attached hydrogen (secondary N) is 1. The van der Waals surface area contributed by atoms with Gasteiger partial charge in [0.15, 0.2) is 0 Å². The first kappa shape index (κ1) is 19.2. The molecule has 1 atom stereocenters. The fraction of sp³-hybridized carbons (Fsp3) is 0.455. The van der Waals surface area contributed by atoms with Crippen LogP contribution in [0.4, 0.5) is 4.79 Å². The standard InChI is InChI=1S/C22H29N3O2/c1-6-8-10-24-13-18-19(21(24)26)20(23-22(27)25(18)9-7-2)17-12-15(4)14(3)11-16(17)5/h7,11-12,20H,2,6,8-10,13H2,1,3-5H3,(H,23,27). The largest absolute Gasteiger partial charge is 0.333 e. The van der Waals surface area contributed by atoms with E-state index in [-0.39, 0.29) is 11.9 Å². The first-order valence-corrected chi connectivity index (χ1v) is 9.68. The Balaban J connectivity index is 2.07. The number of unbranched alkanes of at least 4 members (excludes halogenated alkanes) is 1. The summed E-state index contributed by atoms with van der Waals surface area (Å²) < 4.78 is 0. The van der Waals surface area contributed by atoms with Crippen LogP contribution in [0.1, 0.15) is 48.1 Å². The fourth-order valence-corrected chi connectivity index (χ4v) is 3.93. The van der Waals surface area contributed by atoms with Gasteiger partial charge in [0.05, 0.1) is 23.9 Å². The summed E-state index contributed by atoms with van der Waals surface area (Å²) in [6.07, 6.45) is 3.69. The van der Waals surface area contributed by atoms with Crippen molar-refractivity contribution in [2.45, 2.75) is 46.6 Å². The summed E-state index contributed by atoms with van der Waals surface area (Å²) in [5.41, 5.74) is 5.99. The molecule has 1 unspecified atom stereocenters. The Kier molecular flexibility index (Phi) is 5.40. The van der Waals surface area contributed by atoms with Gasteiger partial charge in [-0.25, -0.2) is 4.79 Å². The second-order valence-electron chi connectivity index (χ2n) is 7.52. The Hall–Kier alpha value is -2.56. The second kappa shape index (κ2) is 7.59. The number of hydrogen-bond donors (Lipinski definition) is 1. The molecule has 1 aromatic rings. The Morgan fingerprint density at radius 2 is 1.89 bits per heavy atom. The maximum atomic E-state index is 13.2. The summed E-state index contributed by atoms with van der Waals surface area (Å²) in [6.45, 7) is 13.7. The zero-order valence-electron chi connectivity index (χ0n) is 16.8. The lowest BCUT2D eigenvalue weighted by molar-refractivity contribution is -0.125. The third-order valence-corrected chi connectivity index (χ3v) is 5.58. The van der Waals surface area contributed by atoms with Crippen molar-refractivity contribution in [2.24, 2.45) is 0 Å². The van der Waals surface area contributed by atoms with E-state index < -0.39 is 6.04 Å². The smallest absolute Gasteiger partial charge is 0.322 e. The topological polar surface area (TPSA) is 52.7 Å². The first-order valence-electron chi connectivity index (χ1n) is 9.68. The van der Waals surface area contributed by atoms with Gasteiger partial charge in [-0.1, -0.05) is 31.6 Å². The van der Waals surface area contributed by atoms with Crippen molar-refractivity contribution in [2.75, 3.05) is 19.6 Å². The molecule has 2 aliphatic rings. The van der Waals surface area contributed by atoms with Gasteiger partial charge in [-0.2, -0.15) is 0 Å². The number of carbonyl (C=O) groups is 2. The summed E-state index contributed by atoms with van der Waals surface area (Å²) in [6, 6.07) is 3.67. The predicted molar refractivity (Wildman–Crippen MR) is 107 cm³/mol. The van der Waals surface area contributed by atoms with Crippen molar-refractivity contribution in [1.82, 2.24) is 15.1 Å². The normalized spacial score (nSPS) is 19.5. The highest BCUT2D eigenvalue weighted by molar-refractivity contribution is 6.01. The summed E-state index contributed by atoms with van der Waals surface area (Å²) in [7, 11) is 0. The molecule has 0 aromatic heterocycles. The number of benzene rings is 1. The molecular weight excluding hydrogens is 338 g/mol. The van der Waals surface area contributed by atoms with Crippen LogP contribution in [-0.2, 0) is 4.79 Å². The van der Waals surface area contributed by atoms with Crippen LogP contribution in [0, 0.1) is 20.8 Å². The second-order valence-corrected chi connectivity index (χ2v) is 7.52. The van der Waals surface area contributed by atoms with Crippen LogP contribution < -0.4 is 5.32 Å². The highest BCUT2D eigenvalue weighted by Crippen LogP contribution is 2.38. The lowest BCUT2D eigenvalue weighted by Crippen LogP contribution is -2.47. The molecule has 0 spiro atoms. The van der Waals surface area contributed by atoms with E-state index in [2.05, 4.69) is 44.8 Å². The average Bonchev–Trinajstić information content (AvgIpc) is 2.95. The van der Waals surface area contributed by atoms with Gasteiger partial charge < -0.3 is 10.2 Å². The van der Waals surface area contributed by atoms with Gasteiger partial charge in [0.1, 0.15) is 0 Å². The van der Waals surface area contributed by atoms with E-state index in [1.54, 1.807) is 11.0 Å². The zero-order chi connectivity index (χ0) is 19.7. The lowest BCUT2D eigenvalue weighted by atomic mass is 9.90. The molecule has 3 amide bonds. The molecule has 5 nitrogen and oxygen atoms in total. The number of carbonyl (C=O) groups excluding carboxylic acids is 2. The number of rotatable bonds is 6. The molecule has 144 valence electrons. The number of hydrogen-bond acceptors (Lipinski definition) is 2. The first-order chi connectivity index (χ1) is 12.9. The van der Waals surface area contributed by atoms with Crippen LogP contribution in [0.3, 0.4) is 0 Å². The zero-order valence-corrected chi connectivity index (χ0v) is 16.8. The minimum Gasteiger partial charge on any atom is -0.333 e. The molecule has 0 fully saturated rings. The summed E-state index contributed by atoms with van der Waals surface area (Å²) in [5.74, 6) is 0.0372.